The quantitative estimate of drug-likeness (QED) is 0.355. The second-order valence-corrected chi connectivity index (χ2v) is 8.48. The van der Waals surface area contributed by atoms with Crippen molar-refractivity contribution in [3.63, 3.8) is 0 Å². The van der Waals surface area contributed by atoms with Crippen molar-refractivity contribution >= 4 is 28.2 Å². The SMILES string of the molecule is O/N=C1\C[C@@H](Sc2nc(-c3ccc4ccccc4c3)cc(C(F)(F)F)n2)[C@@H]2CO[C@H]1O2. The van der Waals surface area contributed by atoms with Crippen LogP contribution in [0.4, 0.5) is 13.2 Å². The Labute approximate surface area is 179 Å². The lowest BCUT2D eigenvalue weighted by molar-refractivity contribution is -0.141. The summed E-state index contributed by atoms with van der Waals surface area (Å²) in [5, 5.41) is 13.9. The molecule has 5 rings (SSSR count). The van der Waals surface area contributed by atoms with E-state index in [1.54, 1.807) is 6.07 Å². The van der Waals surface area contributed by atoms with Crippen LogP contribution in [0.3, 0.4) is 0 Å². The number of fused-ring (bicyclic) bond motifs is 3. The van der Waals surface area contributed by atoms with Crippen LogP contribution in [0, 0.1) is 0 Å². The minimum Gasteiger partial charge on any atom is -0.411 e. The summed E-state index contributed by atoms with van der Waals surface area (Å²) < 4.78 is 51.7. The van der Waals surface area contributed by atoms with E-state index in [4.69, 9.17) is 14.7 Å². The normalized spacial score (nSPS) is 24.7. The molecular weight excluding hydrogens is 431 g/mol. The highest BCUT2D eigenvalue weighted by Crippen LogP contribution is 2.38. The number of hydrogen-bond acceptors (Lipinski definition) is 7. The van der Waals surface area contributed by atoms with Crippen LogP contribution in [0.25, 0.3) is 22.0 Å². The van der Waals surface area contributed by atoms with E-state index in [-0.39, 0.29) is 28.8 Å². The van der Waals surface area contributed by atoms with Crippen LogP contribution in [-0.4, -0.2) is 45.1 Å². The van der Waals surface area contributed by atoms with Gasteiger partial charge in [-0.1, -0.05) is 53.3 Å². The number of alkyl halides is 3. The Morgan fingerprint density at radius 1 is 1.06 bits per heavy atom. The lowest BCUT2D eigenvalue weighted by Gasteiger charge is -2.26. The summed E-state index contributed by atoms with van der Waals surface area (Å²) in [4.78, 5) is 8.15. The lowest BCUT2D eigenvalue weighted by atomic mass is 10.0. The number of rotatable bonds is 3. The van der Waals surface area contributed by atoms with Crippen molar-refractivity contribution < 1.29 is 27.9 Å². The van der Waals surface area contributed by atoms with Gasteiger partial charge in [0, 0.05) is 17.2 Å². The summed E-state index contributed by atoms with van der Waals surface area (Å²) >= 11 is 1.07. The van der Waals surface area contributed by atoms with E-state index in [2.05, 4.69) is 15.1 Å². The smallest absolute Gasteiger partial charge is 0.411 e. The molecule has 160 valence electrons. The molecule has 2 saturated heterocycles. The van der Waals surface area contributed by atoms with Crippen LogP contribution >= 0.6 is 11.8 Å². The number of thioether (sulfide) groups is 1. The molecule has 0 unspecified atom stereocenters. The number of benzene rings is 2. The molecule has 2 bridgehead atoms. The van der Waals surface area contributed by atoms with E-state index in [0.29, 0.717) is 17.7 Å². The van der Waals surface area contributed by atoms with Gasteiger partial charge in [-0.3, -0.25) is 0 Å². The highest BCUT2D eigenvalue weighted by molar-refractivity contribution is 7.99. The first-order chi connectivity index (χ1) is 14.9. The maximum atomic E-state index is 13.6. The molecule has 3 atom stereocenters. The average molecular weight is 447 g/mol. The van der Waals surface area contributed by atoms with Crippen molar-refractivity contribution in [2.24, 2.45) is 5.16 Å². The maximum absolute atomic E-state index is 13.6. The standard InChI is InChI=1S/C21H16F3N3O3S/c22-21(23,24)18-9-14(13-6-5-11-3-1-2-4-12(11)7-13)25-20(26-18)31-17-8-15(27-28)19-29-10-16(17)30-19/h1-7,9,16-17,19,28H,8,10H2/b27-15+/t16-,17+,19-/m0/s1. The third-order valence-corrected chi connectivity index (χ3v) is 6.40. The van der Waals surface area contributed by atoms with Crippen molar-refractivity contribution in [3.05, 3.63) is 54.2 Å². The minimum atomic E-state index is -4.62. The zero-order valence-corrected chi connectivity index (χ0v) is 16.7. The molecule has 0 saturated carbocycles. The fourth-order valence-corrected chi connectivity index (χ4v) is 4.81. The van der Waals surface area contributed by atoms with Gasteiger partial charge in [0.2, 0.25) is 6.29 Å². The second kappa shape index (κ2) is 7.77. The zero-order chi connectivity index (χ0) is 21.6. The van der Waals surface area contributed by atoms with E-state index < -0.39 is 18.2 Å². The largest absolute Gasteiger partial charge is 0.433 e. The Balaban J connectivity index is 1.53. The zero-order valence-electron chi connectivity index (χ0n) is 15.9. The van der Waals surface area contributed by atoms with Gasteiger partial charge in [-0.2, -0.15) is 13.2 Å². The monoisotopic (exact) mass is 447 g/mol. The molecule has 2 aliphatic heterocycles. The molecule has 1 aromatic heterocycles. The van der Waals surface area contributed by atoms with E-state index >= 15 is 0 Å². The Morgan fingerprint density at radius 3 is 2.65 bits per heavy atom. The fourth-order valence-electron chi connectivity index (χ4n) is 3.68. The number of aromatic nitrogens is 2. The van der Waals surface area contributed by atoms with Crippen LogP contribution in [0.5, 0.6) is 0 Å². The number of halogens is 3. The number of ether oxygens (including phenoxy) is 2. The molecule has 3 aromatic rings. The van der Waals surface area contributed by atoms with Gasteiger partial charge < -0.3 is 14.7 Å². The molecule has 2 aromatic carbocycles. The van der Waals surface area contributed by atoms with Gasteiger partial charge in [0.1, 0.15) is 11.4 Å². The van der Waals surface area contributed by atoms with Gasteiger partial charge in [-0.25, -0.2) is 9.97 Å². The summed E-state index contributed by atoms with van der Waals surface area (Å²) in [6.45, 7) is 0.262. The molecule has 0 radical (unpaired) electrons. The van der Waals surface area contributed by atoms with Crippen molar-refractivity contribution in [1.29, 1.82) is 0 Å². The van der Waals surface area contributed by atoms with Crippen molar-refractivity contribution in [3.8, 4) is 11.3 Å². The highest BCUT2D eigenvalue weighted by Gasteiger charge is 2.43. The molecule has 0 aliphatic carbocycles. The summed E-state index contributed by atoms with van der Waals surface area (Å²) in [5.74, 6) is 0. The lowest BCUT2D eigenvalue weighted by Crippen LogP contribution is -2.37. The van der Waals surface area contributed by atoms with Gasteiger partial charge in [-0.15, -0.1) is 0 Å². The van der Waals surface area contributed by atoms with Crippen LogP contribution in [0.1, 0.15) is 12.1 Å². The van der Waals surface area contributed by atoms with Gasteiger partial charge in [-0.05, 0) is 22.9 Å². The fraction of sp³-hybridized carbons (Fsp3) is 0.286. The predicted molar refractivity (Wildman–Crippen MR) is 108 cm³/mol. The third-order valence-electron chi connectivity index (χ3n) is 5.23. The van der Waals surface area contributed by atoms with Crippen molar-refractivity contribution in [2.75, 3.05) is 6.61 Å². The minimum absolute atomic E-state index is 0.0192. The Morgan fingerprint density at radius 2 is 1.87 bits per heavy atom. The molecule has 1 N–H and O–H groups in total. The van der Waals surface area contributed by atoms with Gasteiger partial charge in [0.15, 0.2) is 5.16 Å². The molecule has 2 aliphatic rings. The van der Waals surface area contributed by atoms with Crippen LogP contribution in [0.15, 0.2) is 58.8 Å². The first kappa shape index (κ1) is 20.2. The predicted octanol–water partition coefficient (Wildman–Crippen LogP) is 4.75. The average Bonchev–Trinajstić information content (AvgIpc) is 3.19. The topological polar surface area (TPSA) is 76.8 Å². The summed E-state index contributed by atoms with van der Waals surface area (Å²) in [5.41, 5.74) is 0.0357. The van der Waals surface area contributed by atoms with E-state index in [1.165, 1.54) is 0 Å². The maximum Gasteiger partial charge on any atom is 0.433 e. The molecule has 6 nitrogen and oxygen atoms in total. The first-order valence-corrected chi connectivity index (χ1v) is 10.4. The number of nitrogens with zero attached hydrogens (tertiary/aromatic N) is 3. The molecule has 0 amide bonds. The van der Waals surface area contributed by atoms with Gasteiger partial charge in [0.05, 0.1) is 18.4 Å². The van der Waals surface area contributed by atoms with Gasteiger partial charge >= 0.3 is 6.18 Å². The number of oxime groups is 1. The van der Waals surface area contributed by atoms with Crippen molar-refractivity contribution in [1.82, 2.24) is 9.97 Å². The van der Waals surface area contributed by atoms with Crippen LogP contribution in [-0.2, 0) is 15.7 Å². The third kappa shape index (κ3) is 3.98. The summed E-state index contributed by atoms with van der Waals surface area (Å²) in [6.07, 6.45) is -5.36. The summed E-state index contributed by atoms with van der Waals surface area (Å²) in [7, 11) is 0. The van der Waals surface area contributed by atoms with E-state index in [0.717, 1.165) is 28.6 Å². The summed E-state index contributed by atoms with van der Waals surface area (Å²) in [6, 6.07) is 14.0. The molecule has 3 heterocycles. The molecule has 2 fully saturated rings. The Bertz CT molecular complexity index is 1170. The van der Waals surface area contributed by atoms with Crippen molar-refractivity contribution in [2.45, 2.75) is 35.4 Å². The van der Waals surface area contributed by atoms with Gasteiger partial charge in [0.25, 0.3) is 0 Å². The first-order valence-electron chi connectivity index (χ1n) is 9.51. The molecule has 31 heavy (non-hydrogen) atoms. The Kier molecular flexibility index (Phi) is 5.07. The highest BCUT2D eigenvalue weighted by atomic mass is 32.2. The Hall–Kier alpha value is -2.69. The van der Waals surface area contributed by atoms with Crippen LogP contribution < -0.4 is 0 Å². The van der Waals surface area contributed by atoms with E-state index in [9.17, 15) is 13.2 Å². The van der Waals surface area contributed by atoms with E-state index in [1.807, 2.05) is 36.4 Å². The van der Waals surface area contributed by atoms with Crippen LogP contribution in [0.2, 0.25) is 0 Å². The molecular formula is C21H16F3N3O3S. The second-order valence-electron chi connectivity index (χ2n) is 7.27. The molecule has 10 heteroatoms. The molecule has 0 spiro atoms. The number of hydrogen-bond donors (Lipinski definition) is 1.